The highest BCUT2D eigenvalue weighted by molar-refractivity contribution is 5.43. The molecule has 0 fully saturated rings. The van der Waals surface area contributed by atoms with Gasteiger partial charge in [-0.2, -0.15) is 0 Å². The van der Waals surface area contributed by atoms with Crippen LogP contribution in [-0.2, 0) is 13.6 Å². The lowest BCUT2D eigenvalue weighted by Crippen LogP contribution is -2.25. The molecule has 0 saturated carbocycles. The summed E-state index contributed by atoms with van der Waals surface area (Å²) < 4.78 is 13.3. The number of nitrogens with zero attached hydrogens (tertiary/aromatic N) is 2. The molecule has 1 aromatic heterocycles. The van der Waals surface area contributed by atoms with Crippen LogP contribution >= 0.6 is 0 Å². The average molecular weight is 335 g/mol. The molecule has 3 aromatic rings. The van der Waals surface area contributed by atoms with Crippen LogP contribution in [0.2, 0.25) is 0 Å². The quantitative estimate of drug-likeness (QED) is 0.778. The van der Waals surface area contributed by atoms with Crippen LogP contribution in [0.1, 0.15) is 23.0 Å². The number of nitrogens with one attached hydrogen (secondary N) is 1. The topological polar surface area (TPSA) is 48.3 Å². The van der Waals surface area contributed by atoms with Crippen molar-refractivity contribution in [1.29, 1.82) is 0 Å². The van der Waals surface area contributed by atoms with Gasteiger partial charge in [0.25, 0.3) is 0 Å². The zero-order valence-electron chi connectivity index (χ0n) is 14.2. The summed E-state index contributed by atoms with van der Waals surface area (Å²) in [6, 6.07) is 16.5. The van der Waals surface area contributed by atoms with E-state index in [2.05, 4.69) is 45.2 Å². The second-order valence-corrected chi connectivity index (χ2v) is 6.10. The first kappa shape index (κ1) is 15.7. The van der Waals surface area contributed by atoms with Gasteiger partial charge in [-0.1, -0.05) is 36.4 Å². The minimum atomic E-state index is 0.0226. The van der Waals surface area contributed by atoms with E-state index in [4.69, 9.17) is 9.47 Å². The minimum Gasteiger partial charge on any atom is -0.486 e. The Kier molecular flexibility index (Phi) is 4.39. The zero-order chi connectivity index (χ0) is 17.1. The van der Waals surface area contributed by atoms with Crippen LogP contribution in [0.3, 0.4) is 0 Å². The standard InChI is InChI=1S/C20H21N3O2/c1-23-10-9-21-20(23)19(16-5-3-2-4-6-16)22-14-15-7-8-17-18(13-15)25-12-11-24-17/h2-10,13,19,22H,11-12,14H2,1H3/t19-/m0/s1. The normalized spacial score (nSPS) is 14.3. The molecule has 4 rings (SSSR count). The third kappa shape index (κ3) is 3.37. The number of hydrogen-bond donors (Lipinski definition) is 1. The van der Waals surface area contributed by atoms with E-state index >= 15 is 0 Å². The van der Waals surface area contributed by atoms with E-state index in [-0.39, 0.29) is 6.04 Å². The molecule has 128 valence electrons. The molecule has 0 amide bonds. The molecule has 0 aliphatic carbocycles. The fraction of sp³-hybridized carbons (Fsp3) is 0.250. The summed E-state index contributed by atoms with van der Waals surface area (Å²) in [7, 11) is 2.02. The first-order valence-electron chi connectivity index (χ1n) is 8.45. The maximum atomic E-state index is 5.68. The van der Waals surface area contributed by atoms with Crippen LogP contribution < -0.4 is 14.8 Å². The average Bonchev–Trinajstić information content (AvgIpc) is 3.08. The maximum absolute atomic E-state index is 5.68. The van der Waals surface area contributed by atoms with Crippen LogP contribution in [0.5, 0.6) is 11.5 Å². The predicted octanol–water partition coefficient (Wildman–Crippen LogP) is 3.07. The molecular weight excluding hydrogens is 314 g/mol. The van der Waals surface area contributed by atoms with Crippen molar-refractivity contribution in [1.82, 2.24) is 14.9 Å². The van der Waals surface area contributed by atoms with Crippen molar-refractivity contribution in [2.45, 2.75) is 12.6 Å². The van der Waals surface area contributed by atoms with E-state index in [1.807, 2.05) is 37.6 Å². The Balaban J connectivity index is 1.56. The fourth-order valence-corrected chi connectivity index (χ4v) is 3.08. The Morgan fingerprint density at radius 1 is 1.08 bits per heavy atom. The van der Waals surface area contributed by atoms with Crippen molar-refractivity contribution in [2.24, 2.45) is 7.05 Å². The molecule has 2 heterocycles. The molecule has 1 aliphatic heterocycles. The number of aryl methyl sites for hydroxylation is 1. The number of aromatic nitrogens is 2. The van der Waals surface area contributed by atoms with Gasteiger partial charge < -0.3 is 14.0 Å². The molecule has 25 heavy (non-hydrogen) atoms. The number of fused-ring (bicyclic) bond motifs is 1. The Morgan fingerprint density at radius 2 is 1.88 bits per heavy atom. The van der Waals surface area contributed by atoms with Gasteiger partial charge in [-0.15, -0.1) is 0 Å². The summed E-state index contributed by atoms with van der Waals surface area (Å²) in [6.07, 6.45) is 3.80. The van der Waals surface area contributed by atoms with Crippen molar-refractivity contribution in [2.75, 3.05) is 13.2 Å². The third-order valence-corrected chi connectivity index (χ3v) is 4.37. The largest absolute Gasteiger partial charge is 0.486 e. The van der Waals surface area contributed by atoms with Gasteiger partial charge in [-0.05, 0) is 23.3 Å². The molecule has 0 spiro atoms. The molecule has 2 aromatic carbocycles. The van der Waals surface area contributed by atoms with E-state index in [0.29, 0.717) is 19.8 Å². The van der Waals surface area contributed by atoms with Crippen molar-refractivity contribution >= 4 is 0 Å². The molecule has 0 radical (unpaired) electrons. The number of ether oxygens (including phenoxy) is 2. The number of hydrogen-bond acceptors (Lipinski definition) is 4. The number of imidazole rings is 1. The van der Waals surface area contributed by atoms with E-state index in [1.54, 1.807) is 0 Å². The summed E-state index contributed by atoms with van der Waals surface area (Å²) in [5.74, 6) is 2.63. The first-order chi connectivity index (χ1) is 12.3. The number of rotatable bonds is 5. The van der Waals surface area contributed by atoms with Crippen molar-refractivity contribution in [3.8, 4) is 11.5 Å². The highest BCUT2D eigenvalue weighted by Gasteiger charge is 2.18. The highest BCUT2D eigenvalue weighted by Crippen LogP contribution is 2.31. The van der Waals surface area contributed by atoms with Gasteiger partial charge in [0, 0.05) is 26.0 Å². The molecule has 1 aliphatic rings. The van der Waals surface area contributed by atoms with Gasteiger partial charge in [0.1, 0.15) is 19.0 Å². The van der Waals surface area contributed by atoms with Gasteiger partial charge in [0.15, 0.2) is 11.5 Å². The monoisotopic (exact) mass is 335 g/mol. The molecule has 0 bridgehead atoms. The lowest BCUT2D eigenvalue weighted by Gasteiger charge is -2.21. The second-order valence-electron chi connectivity index (χ2n) is 6.10. The SMILES string of the molecule is Cn1ccnc1[C@@H](NCc1ccc2c(c1)OCCO2)c1ccccc1. The smallest absolute Gasteiger partial charge is 0.161 e. The number of benzene rings is 2. The molecule has 1 atom stereocenters. The van der Waals surface area contributed by atoms with Crippen LogP contribution in [0, 0.1) is 0 Å². The Bertz CT molecular complexity index is 845. The van der Waals surface area contributed by atoms with Crippen LogP contribution in [0.4, 0.5) is 0 Å². The zero-order valence-corrected chi connectivity index (χ0v) is 14.2. The lowest BCUT2D eigenvalue weighted by atomic mass is 10.1. The fourth-order valence-electron chi connectivity index (χ4n) is 3.08. The lowest BCUT2D eigenvalue weighted by molar-refractivity contribution is 0.171. The van der Waals surface area contributed by atoms with E-state index < -0.39 is 0 Å². The van der Waals surface area contributed by atoms with Crippen molar-refractivity contribution < 1.29 is 9.47 Å². The van der Waals surface area contributed by atoms with Crippen molar-refractivity contribution in [3.05, 3.63) is 77.9 Å². The maximum Gasteiger partial charge on any atom is 0.161 e. The van der Waals surface area contributed by atoms with E-state index in [1.165, 1.54) is 5.56 Å². The van der Waals surface area contributed by atoms with Gasteiger partial charge in [0.2, 0.25) is 0 Å². The summed E-state index contributed by atoms with van der Waals surface area (Å²) in [6.45, 7) is 1.92. The molecular formula is C20H21N3O2. The molecule has 5 heteroatoms. The van der Waals surface area contributed by atoms with Gasteiger partial charge >= 0.3 is 0 Å². The van der Waals surface area contributed by atoms with Crippen LogP contribution in [0.25, 0.3) is 0 Å². The summed E-state index contributed by atoms with van der Waals surface area (Å²) in [5, 5.41) is 3.62. The Morgan fingerprint density at radius 3 is 2.64 bits per heavy atom. The van der Waals surface area contributed by atoms with Gasteiger partial charge in [0.05, 0.1) is 6.04 Å². The van der Waals surface area contributed by atoms with Crippen LogP contribution in [0.15, 0.2) is 60.9 Å². The molecule has 0 unspecified atom stereocenters. The summed E-state index contributed by atoms with van der Waals surface area (Å²) in [5.41, 5.74) is 2.34. The molecule has 5 nitrogen and oxygen atoms in total. The van der Waals surface area contributed by atoms with E-state index in [0.717, 1.165) is 22.9 Å². The first-order valence-corrected chi connectivity index (χ1v) is 8.45. The Labute approximate surface area is 147 Å². The summed E-state index contributed by atoms with van der Waals surface area (Å²) >= 11 is 0. The molecule has 0 saturated heterocycles. The predicted molar refractivity (Wildman–Crippen MR) is 95.8 cm³/mol. The van der Waals surface area contributed by atoms with E-state index in [9.17, 15) is 0 Å². The minimum absolute atomic E-state index is 0.0226. The van der Waals surface area contributed by atoms with Gasteiger partial charge in [-0.3, -0.25) is 5.32 Å². The Hall–Kier alpha value is -2.79. The van der Waals surface area contributed by atoms with Crippen molar-refractivity contribution in [3.63, 3.8) is 0 Å². The second kappa shape index (κ2) is 6.99. The van der Waals surface area contributed by atoms with Gasteiger partial charge in [-0.25, -0.2) is 4.98 Å². The summed E-state index contributed by atoms with van der Waals surface area (Å²) in [4.78, 5) is 4.53. The van der Waals surface area contributed by atoms with Crippen LogP contribution in [-0.4, -0.2) is 22.8 Å². The molecule has 1 N–H and O–H groups in total. The highest BCUT2D eigenvalue weighted by atomic mass is 16.6. The third-order valence-electron chi connectivity index (χ3n) is 4.37.